The van der Waals surface area contributed by atoms with Crippen LogP contribution >= 0.6 is 11.3 Å². The highest BCUT2D eigenvalue weighted by atomic mass is 32.1. The average molecular weight is 252 g/mol. The molecule has 1 aliphatic rings. The predicted molar refractivity (Wildman–Crippen MR) is 75.7 cm³/mol. The van der Waals surface area contributed by atoms with Gasteiger partial charge in [-0.05, 0) is 76.3 Å². The predicted octanol–water partition coefficient (Wildman–Crippen LogP) is 3.05. The van der Waals surface area contributed by atoms with E-state index < -0.39 is 0 Å². The van der Waals surface area contributed by atoms with Crippen LogP contribution in [0, 0.1) is 12.8 Å². The Labute approximate surface area is 109 Å². The summed E-state index contributed by atoms with van der Waals surface area (Å²) in [5, 5.41) is 5.90. The first kappa shape index (κ1) is 13.1. The zero-order valence-corrected chi connectivity index (χ0v) is 12.0. The largest absolute Gasteiger partial charge is 0.309 e. The molecule has 1 saturated heterocycles. The maximum atomic E-state index is 3.70. The van der Waals surface area contributed by atoms with Crippen LogP contribution < -0.4 is 5.32 Å². The molecule has 1 atom stereocenters. The Morgan fingerprint density at radius 2 is 2.18 bits per heavy atom. The van der Waals surface area contributed by atoms with Gasteiger partial charge in [0.15, 0.2) is 0 Å². The Hall–Kier alpha value is -0.380. The molecule has 0 spiro atoms. The van der Waals surface area contributed by atoms with Crippen LogP contribution in [-0.2, 0) is 0 Å². The quantitative estimate of drug-likeness (QED) is 0.886. The molecule has 1 N–H and O–H groups in total. The standard InChI is InChI=1S/C14H24N2S/c1-11-6-9-17-14(11)12(2)15-10-13-4-7-16(3)8-5-13/h6,9,12-13,15H,4-5,7-8,10H2,1-3H3. The van der Waals surface area contributed by atoms with Crippen LogP contribution in [0.1, 0.15) is 36.2 Å². The molecular formula is C14H24N2S. The van der Waals surface area contributed by atoms with E-state index in [-0.39, 0.29) is 0 Å². The van der Waals surface area contributed by atoms with Gasteiger partial charge in [0.05, 0.1) is 0 Å². The maximum Gasteiger partial charge on any atom is 0.0388 e. The summed E-state index contributed by atoms with van der Waals surface area (Å²) in [6.45, 7) is 8.19. The van der Waals surface area contributed by atoms with Gasteiger partial charge in [0.2, 0.25) is 0 Å². The van der Waals surface area contributed by atoms with Crippen LogP contribution in [0.3, 0.4) is 0 Å². The van der Waals surface area contributed by atoms with Crippen molar-refractivity contribution in [1.82, 2.24) is 10.2 Å². The van der Waals surface area contributed by atoms with Crippen molar-refractivity contribution < 1.29 is 0 Å². The van der Waals surface area contributed by atoms with Crippen LogP contribution in [0.5, 0.6) is 0 Å². The number of aryl methyl sites for hydroxylation is 1. The van der Waals surface area contributed by atoms with Gasteiger partial charge in [0.1, 0.15) is 0 Å². The van der Waals surface area contributed by atoms with Crippen LogP contribution in [0.4, 0.5) is 0 Å². The fourth-order valence-electron chi connectivity index (χ4n) is 2.53. The Bertz CT molecular complexity index is 340. The second-order valence-corrected chi connectivity index (χ2v) is 6.29. The van der Waals surface area contributed by atoms with Crippen molar-refractivity contribution in [3.63, 3.8) is 0 Å². The highest BCUT2D eigenvalue weighted by Crippen LogP contribution is 2.24. The van der Waals surface area contributed by atoms with Crippen LogP contribution in [0.15, 0.2) is 11.4 Å². The number of rotatable bonds is 4. The lowest BCUT2D eigenvalue weighted by Gasteiger charge is -2.29. The molecule has 2 rings (SSSR count). The van der Waals surface area contributed by atoms with Gasteiger partial charge < -0.3 is 10.2 Å². The number of hydrogen-bond acceptors (Lipinski definition) is 3. The van der Waals surface area contributed by atoms with E-state index in [4.69, 9.17) is 0 Å². The van der Waals surface area contributed by atoms with Crippen molar-refractivity contribution in [3.05, 3.63) is 21.9 Å². The first-order valence-electron chi connectivity index (χ1n) is 6.62. The Morgan fingerprint density at radius 1 is 1.47 bits per heavy atom. The van der Waals surface area contributed by atoms with E-state index in [1.807, 2.05) is 11.3 Å². The smallest absolute Gasteiger partial charge is 0.0388 e. The van der Waals surface area contributed by atoms with E-state index in [0.29, 0.717) is 6.04 Å². The minimum Gasteiger partial charge on any atom is -0.309 e. The third-order valence-corrected chi connectivity index (χ3v) is 5.05. The lowest BCUT2D eigenvalue weighted by Crippen LogP contribution is -2.35. The van der Waals surface area contributed by atoms with Crippen molar-refractivity contribution in [2.45, 2.75) is 32.7 Å². The van der Waals surface area contributed by atoms with Gasteiger partial charge in [-0.2, -0.15) is 0 Å². The number of hydrogen-bond donors (Lipinski definition) is 1. The van der Waals surface area contributed by atoms with E-state index in [0.717, 1.165) is 5.92 Å². The molecule has 96 valence electrons. The van der Waals surface area contributed by atoms with Gasteiger partial charge in [0.25, 0.3) is 0 Å². The number of likely N-dealkylation sites (tertiary alicyclic amines) is 1. The van der Waals surface area contributed by atoms with E-state index in [1.165, 1.54) is 42.9 Å². The summed E-state index contributed by atoms with van der Waals surface area (Å²) < 4.78 is 0. The summed E-state index contributed by atoms with van der Waals surface area (Å²) in [6.07, 6.45) is 2.69. The van der Waals surface area contributed by atoms with Crippen molar-refractivity contribution in [1.29, 1.82) is 0 Å². The van der Waals surface area contributed by atoms with Gasteiger partial charge in [-0.1, -0.05) is 0 Å². The summed E-state index contributed by atoms with van der Waals surface area (Å²) in [4.78, 5) is 3.93. The third-order valence-electron chi connectivity index (χ3n) is 3.85. The molecule has 17 heavy (non-hydrogen) atoms. The summed E-state index contributed by atoms with van der Waals surface area (Å²) in [7, 11) is 2.22. The molecule has 2 nitrogen and oxygen atoms in total. The number of thiophene rings is 1. The van der Waals surface area contributed by atoms with Gasteiger partial charge in [0, 0.05) is 10.9 Å². The molecule has 0 saturated carbocycles. The van der Waals surface area contributed by atoms with Crippen molar-refractivity contribution >= 4 is 11.3 Å². The summed E-state index contributed by atoms with van der Waals surface area (Å²) in [6, 6.07) is 2.72. The molecule has 1 aromatic heterocycles. The topological polar surface area (TPSA) is 15.3 Å². The fourth-order valence-corrected chi connectivity index (χ4v) is 3.49. The van der Waals surface area contributed by atoms with Crippen molar-refractivity contribution in [3.8, 4) is 0 Å². The van der Waals surface area contributed by atoms with Crippen molar-refractivity contribution in [2.75, 3.05) is 26.7 Å². The van der Waals surface area contributed by atoms with E-state index in [2.05, 4.69) is 42.6 Å². The fraction of sp³-hybridized carbons (Fsp3) is 0.714. The molecule has 0 aliphatic carbocycles. The van der Waals surface area contributed by atoms with Gasteiger partial charge >= 0.3 is 0 Å². The molecule has 0 amide bonds. The molecule has 1 fully saturated rings. The second kappa shape index (κ2) is 5.98. The molecule has 0 radical (unpaired) electrons. The van der Waals surface area contributed by atoms with Crippen LogP contribution in [0.25, 0.3) is 0 Å². The van der Waals surface area contributed by atoms with Gasteiger partial charge in [-0.3, -0.25) is 0 Å². The van der Waals surface area contributed by atoms with E-state index in [1.54, 1.807) is 0 Å². The highest BCUT2D eigenvalue weighted by molar-refractivity contribution is 7.10. The molecule has 1 unspecified atom stereocenters. The van der Waals surface area contributed by atoms with Crippen molar-refractivity contribution in [2.24, 2.45) is 5.92 Å². The molecule has 1 aromatic rings. The number of nitrogens with zero attached hydrogens (tertiary/aromatic N) is 1. The Morgan fingerprint density at radius 3 is 2.76 bits per heavy atom. The summed E-state index contributed by atoms with van der Waals surface area (Å²) in [5.74, 6) is 0.869. The van der Waals surface area contributed by atoms with Gasteiger partial charge in [-0.25, -0.2) is 0 Å². The molecular weight excluding hydrogens is 228 g/mol. The molecule has 1 aliphatic heterocycles. The van der Waals surface area contributed by atoms with E-state index >= 15 is 0 Å². The minimum absolute atomic E-state index is 0.509. The summed E-state index contributed by atoms with van der Waals surface area (Å²) >= 11 is 1.87. The molecule has 2 heterocycles. The van der Waals surface area contributed by atoms with Gasteiger partial charge in [-0.15, -0.1) is 11.3 Å². The Balaban J connectivity index is 1.77. The maximum absolute atomic E-state index is 3.70. The highest BCUT2D eigenvalue weighted by Gasteiger charge is 2.17. The lowest BCUT2D eigenvalue weighted by molar-refractivity contribution is 0.213. The number of nitrogens with one attached hydrogen (secondary N) is 1. The third kappa shape index (κ3) is 3.54. The average Bonchev–Trinajstić information content (AvgIpc) is 2.74. The zero-order chi connectivity index (χ0) is 12.3. The van der Waals surface area contributed by atoms with Crippen LogP contribution in [0.2, 0.25) is 0 Å². The second-order valence-electron chi connectivity index (χ2n) is 5.34. The zero-order valence-electron chi connectivity index (χ0n) is 11.2. The first-order chi connectivity index (χ1) is 8.16. The van der Waals surface area contributed by atoms with Crippen LogP contribution in [-0.4, -0.2) is 31.6 Å². The molecule has 3 heteroatoms. The first-order valence-corrected chi connectivity index (χ1v) is 7.50. The molecule has 0 aromatic carbocycles. The van der Waals surface area contributed by atoms with E-state index in [9.17, 15) is 0 Å². The number of piperidine rings is 1. The minimum atomic E-state index is 0.509. The lowest BCUT2D eigenvalue weighted by atomic mass is 9.97. The molecule has 0 bridgehead atoms. The summed E-state index contributed by atoms with van der Waals surface area (Å²) in [5.41, 5.74) is 1.43. The normalized spacial score (nSPS) is 20.6. The SMILES string of the molecule is Cc1ccsc1C(C)NCC1CCN(C)CC1. The Kier molecular flexibility index (Phi) is 4.60. The monoisotopic (exact) mass is 252 g/mol.